The average molecular weight is 606 g/mol. The van der Waals surface area contributed by atoms with Crippen LogP contribution in [0.2, 0.25) is 0 Å². The standard InChI is InChI=1S/C28H35N5O4S2.ClH/c29-16-5-3-1-2-4-9-27(34)32-28-31-25-15-12-23(21-26(25)38-28)37-39(35,36)24-13-10-22(11-14-24)30-17-8-20-33-18-6-7-19-33;/h6-7,10-15,18-19,21,30H,1-5,8-9,16-17,20,29H2,(H,31,32,34);1H. The zero-order valence-corrected chi connectivity index (χ0v) is 24.7. The largest absolute Gasteiger partial charge is 0.385 e. The average Bonchev–Trinajstić information content (AvgIpc) is 3.58. The smallest absolute Gasteiger partial charge is 0.339 e. The zero-order valence-electron chi connectivity index (χ0n) is 22.3. The summed E-state index contributed by atoms with van der Waals surface area (Å²) in [6.07, 6.45) is 10.4. The molecule has 2 aromatic heterocycles. The fourth-order valence-electron chi connectivity index (χ4n) is 4.08. The van der Waals surface area contributed by atoms with Crippen molar-refractivity contribution in [3.63, 3.8) is 0 Å². The Labute approximate surface area is 245 Å². The van der Waals surface area contributed by atoms with Gasteiger partial charge in [-0.25, -0.2) is 4.98 Å². The number of rotatable bonds is 16. The van der Waals surface area contributed by atoms with E-state index < -0.39 is 10.1 Å². The van der Waals surface area contributed by atoms with E-state index in [1.807, 2.05) is 24.5 Å². The van der Waals surface area contributed by atoms with Gasteiger partial charge in [0.15, 0.2) is 5.13 Å². The van der Waals surface area contributed by atoms with Crippen LogP contribution in [-0.2, 0) is 21.5 Å². The van der Waals surface area contributed by atoms with Gasteiger partial charge in [-0.15, -0.1) is 12.4 Å². The summed E-state index contributed by atoms with van der Waals surface area (Å²) in [5.74, 6) is 0.111. The van der Waals surface area contributed by atoms with Crippen molar-refractivity contribution in [2.24, 2.45) is 5.73 Å². The van der Waals surface area contributed by atoms with E-state index >= 15 is 0 Å². The lowest BCUT2D eigenvalue weighted by molar-refractivity contribution is -0.116. The SMILES string of the molecule is Cl.NCCCCCCCC(=O)Nc1nc2ccc(OS(=O)(=O)c3ccc(NCCCn4cccc4)cc3)cc2s1. The lowest BCUT2D eigenvalue weighted by atomic mass is 10.1. The number of anilines is 2. The van der Waals surface area contributed by atoms with Crippen molar-refractivity contribution in [1.82, 2.24) is 9.55 Å². The predicted molar refractivity (Wildman–Crippen MR) is 164 cm³/mol. The fourth-order valence-corrected chi connectivity index (χ4v) is 5.91. The first kappa shape index (κ1) is 31.4. The van der Waals surface area contributed by atoms with Crippen molar-refractivity contribution in [2.45, 2.75) is 56.4 Å². The zero-order chi connectivity index (χ0) is 27.5. The lowest BCUT2D eigenvalue weighted by Gasteiger charge is -2.09. The summed E-state index contributed by atoms with van der Waals surface area (Å²) >= 11 is 1.28. The summed E-state index contributed by atoms with van der Waals surface area (Å²) < 4.78 is 33.9. The van der Waals surface area contributed by atoms with Crippen molar-refractivity contribution < 1.29 is 17.4 Å². The highest BCUT2D eigenvalue weighted by Crippen LogP contribution is 2.31. The maximum Gasteiger partial charge on any atom is 0.339 e. The molecule has 1 amide bonds. The Balaban J connectivity index is 0.00000441. The van der Waals surface area contributed by atoms with Gasteiger partial charge in [0, 0.05) is 43.7 Å². The number of aryl methyl sites for hydroxylation is 1. The second kappa shape index (κ2) is 15.6. The molecule has 4 aromatic rings. The van der Waals surface area contributed by atoms with Crippen molar-refractivity contribution in [3.05, 3.63) is 67.0 Å². The number of nitrogens with zero attached hydrogens (tertiary/aromatic N) is 2. The normalized spacial score (nSPS) is 11.2. The molecule has 0 atom stereocenters. The molecule has 216 valence electrons. The molecule has 0 radical (unpaired) electrons. The number of unbranched alkanes of at least 4 members (excludes halogenated alkanes) is 4. The maximum absolute atomic E-state index is 12.9. The van der Waals surface area contributed by atoms with Gasteiger partial charge in [0.2, 0.25) is 5.91 Å². The fraction of sp³-hybridized carbons (Fsp3) is 0.357. The Morgan fingerprint density at radius 1 is 0.975 bits per heavy atom. The Morgan fingerprint density at radius 2 is 1.70 bits per heavy atom. The molecule has 0 unspecified atom stereocenters. The molecule has 0 bridgehead atoms. The quantitative estimate of drug-likeness (QED) is 0.105. The van der Waals surface area contributed by atoms with Crippen molar-refractivity contribution >= 4 is 60.8 Å². The number of benzene rings is 2. The molecule has 0 aliphatic carbocycles. The Bertz CT molecular complexity index is 1440. The molecule has 2 aromatic carbocycles. The highest BCUT2D eigenvalue weighted by Gasteiger charge is 2.18. The number of amides is 1. The first-order valence-electron chi connectivity index (χ1n) is 13.2. The van der Waals surface area contributed by atoms with E-state index in [1.54, 1.807) is 30.3 Å². The molecule has 4 N–H and O–H groups in total. The van der Waals surface area contributed by atoms with E-state index in [2.05, 4.69) is 20.2 Å². The summed E-state index contributed by atoms with van der Waals surface area (Å²) in [5, 5.41) is 6.62. The summed E-state index contributed by atoms with van der Waals surface area (Å²) in [5.41, 5.74) is 7.00. The molecule has 4 rings (SSSR count). The second-order valence-corrected chi connectivity index (χ2v) is 11.8. The topological polar surface area (TPSA) is 128 Å². The summed E-state index contributed by atoms with van der Waals surface area (Å²) in [7, 11) is -4.01. The molecule has 2 heterocycles. The number of carbonyl (C=O) groups excluding carboxylic acids is 1. The number of hydrogen-bond donors (Lipinski definition) is 3. The highest BCUT2D eigenvalue weighted by molar-refractivity contribution is 7.87. The van der Waals surface area contributed by atoms with Crippen LogP contribution in [0.3, 0.4) is 0 Å². The molecule has 0 aliphatic heterocycles. The summed E-state index contributed by atoms with van der Waals surface area (Å²) in [6, 6.07) is 15.4. The van der Waals surface area contributed by atoms with Crippen LogP contribution in [0.4, 0.5) is 10.8 Å². The Hall–Kier alpha value is -3.12. The number of aromatic nitrogens is 2. The van der Waals surface area contributed by atoms with E-state index in [-0.39, 0.29) is 29.0 Å². The van der Waals surface area contributed by atoms with Gasteiger partial charge >= 0.3 is 10.1 Å². The molecule has 0 fully saturated rings. The number of halogens is 1. The van der Waals surface area contributed by atoms with Crippen LogP contribution < -0.4 is 20.6 Å². The molecule has 9 nitrogen and oxygen atoms in total. The van der Waals surface area contributed by atoms with Crippen LogP contribution in [0, 0.1) is 0 Å². The van der Waals surface area contributed by atoms with Gasteiger partial charge in [0.05, 0.1) is 10.2 Å². The van der Waals surface area contributed by atoms with Crippen molar-refractivity contribution in [1.29, 1.82) is 0 Å². The van der Waals surface area contributed by atoms with Gasteiger partial charge in [-0.05, 0) is 74.3 Å². The molecule has 0 spiro atoms. The van der Waals surface area contributed by atoms with E-state index in [1.165, 1.54) is 23.5 Å². The summed E-state index contributed by atoms with van der Waals surface area (Å²) in [6.45, 7) is 2.39. The van der Waals surface area contributed by atoms with Crippen LogP contribution in [0.25, 0.3) is 10.2 Å². The van der Waals surface area contributed by atoms with E-state index in [0.717, 1.165) is 62.0 Å². The predicted octanol–water partition coefficient (Wildman–Crippen LogP) is 6.03. The van der Waals surface area contributed by atoms with Gasteiger partial charge in [0.1, 0.15) is 10.6 Å². The monoisotopic (exact) mass is 605 g/mol. The van der Waals surface area contributed by atoms with E-state index in [9.17, 15) is 13.2 Å². The van der Waals surface area contributed by atoms with Crippen molar-refractivity contribution in [2.75, 3.05) is 23.7 Å². The number of hydrogen-bond acceptors (Lipinski definition) is 8. The third-order valence-electron chi connectivity index (χ3n) is 6.15. The maximum atomic E-state index is 12.9. The van der Waals surface area contributed by atoms with Crippen LogP contribution in [-0.4, -0.2) is 37.0 Å². The first-order chi connectivity index (χ1) is 18.9. The Kier molecular flexibility index (Phi) is 12.3. The van der Waals surface area contributed by atoms with Gasteiger partial charge < -0.3 is 25.1 Å². The van der Waals surface area contributed by atoms with E-state index in [4.69, 9.17) is 9.92 Å². The van der Waals surface area contributed by atoms with Crippen LogP contribution in [0.1, 0.15) is 44.9 Å². The molecule has 0 aliphatic rings. The number of carbonyl (C=O) groups is 1. The number of thiazole rings is 1. The van der Waals surface area contributed by atoms with Crippen molar-refractivity contribution in [3.8, 4) is 5.75 Å². The minimum atomic E-state index is -4.01. The third-order valence-corrected chi connectivity index (χ3v) is 8.35. The van der Waals surface area contributed by atoms with Gasteiger partial charge in [-0.1, -0.05) is 30.6 Å². The molecule has 12 heteroatoms. The number of nitrogens with two attached hydrogens (primary N) is 1. The molecular formula is C28H36ClN5O4S2. The van der Waals surface area contributed by atoms with Crippen LogP contribution in [0.15, 0.2) is 71.9 Å². The second-order valence-electron chi connectivity index (χ2n) is 9.27. The lowest BCUT2D eigenvalue weighted by Crippen LogP contribution is -2.10. The molecular weight excluding hydrogens is 570 g/mol. The minimum Gasteiger partial charge on any atom is -0.385 e. The minimum absolute atomic E-state index is 0. The Morgan fingerprint density at radius 3 is 2.45 bits per heavy atom. The third kappa shape index (κ3) is 9.51. The van der Waals surface area contributed by atoms with E-state index in [0.29, 0.717) is 23.6 Å². The van der Waals surface area contributed by atoms with Gasteiger partial charge in [0.25, 0.3) is 0 Å². The van der Waals surface area contributed by atoms with Crippen LogP contribution in [0.5, 0.6) is 5.75 Å². The van der Waals surface area contributed by atoms with Crippen LogP contribution >= 0.6 is 23.7 Å². The highest BCUT2D eigenvalue weighted by atomic mass is 35.5. The molecule has 0 saturated heterocycles. The van der Waals surface area contributed by atoms with Gasteiger partial charge in [-0.3, -0.25) is 4.79 Å². The first-order valence-corrected chi connectivity index (χ1v) is 15.4. The molecule has 40 heavy (non-hydrogen) atoms. The number of fused-ring (bicyclic) bond motifs is 1. The number of nitrogens with one attached hydrogen (secondary N) is 2. The molecule has 0 saturated carbocycles. The van der Waals surface area contributed by atoms with Gasteiger partial charge in [-0.2, -0.15) is 8.42 Å². The summed E-state index contributed by atoms with van der Waals surface area (Å²) in [4.78, 5) is 16.8.